The Morgan fingerprint density at radius 3 is 2.38 bits per heavy atom. The predicted molar refractivity (Wildman–Crippen MR) is 143 cm³/mol. The molecule has 0 saturated carbocycles. The van der Waals surface area contributed by atoms with Crippen molar-refractivity contribution in [2.45, 2.75) is 71.1 Å². The van der Waals surface area contributed by atoms with Crippen LogP contribution in [0.1, 0.15) is 65.0 Å². The van der Waals surface area contributed by atoms with Crippen LogP contribution in [0.25, 0.3) is 0 Å². The molecule has 3 amide bonds. The number of phenols is 1. The van der Waals surface area contributed by atoms with Gasteiger partial charge in [-0.15, -0.1) is 0 Å². The van der Waals surface area contributed by atoms with Gasteiger partial charge >= 0.3 is 12.1 Å². The van der Waals surface area contributed by atoms with Crippen molar-refractivity contribution in [3.8, 4) is 5.75 Å². The number of methoxy groups -OCH3 is 1. The van der Waals surface area contributed by atoms with Crippen LogP contribution in [0.4, 0.5) is 4.79 Å². The van der Waals surface area contributed by atoms with Gasteiger partial charge in [-0.05, 0) is 51.7 Å². The summed E-state index contributed by atoms with van der Waals surface area (Å²) in [6, 6.07) is 4.02. The van der Waals surface area contributed by atoms with Crippen molar-refractivity contribution in [2.24, 2.45) is 0 Å². The van der Waals surface area contributed by atoms with Crippen molar-refractivity contribution in [3.63, 3.8) is 0 Å². The molecule has 0 heterocycles. The molecule has 0 spiro atoms. The van der Waals surface area contributed by atoms with Crippen molar-refractivity contribution < 1.29 is 33.8 Å². The molecule has 1 rings (SSSR count). The number of carbonyl (C=O) groups is 4. The number of para-hydroxylation sites is 1. The summed E-state index contributed by atoms with van der Waals surface area (Å²) in [4.78, 5) is 53.0. The van der Waals surface area contributed by atoms with Crippen LogP contribution in [0.5, 0.6) is 5.75 Å². The molecule has 2 atom stereocenters. The summed E-state index contributed by atoms with van der Waals surface area (Å²) >= 11 is 1.51. The first-order valence-electron chi connectivity index (χ1n) is 12.4. The van der Waals surface area contributed by atoms with Crippen molar-refractivity contribution in [2.75, 3.05) is 32.2 Å². The van der Waals surface area contributed by atoms with E-state index in [0.717, 1.165) is 12.8 Å². The molecule has 0 aliphatic carbocycles. The number of nitrogens with zero attached hydrogens (tertiary/aromatic N) is 1. The van der Waals surface area contributed by atoms with E-state index in [4.69, 9.17) is 4.74 Å². The highest BCUT2D eigenvalue weighted by Gasteiger charge is 2.37. The van der Waals surface area contributed by atoms with Gasteiger partial charge in [-0.25, -0.2) is 4.79 Å². The molecule has 37 heavy (non-hydrogen) atoms. The van der Waals surface area contributed by atoms with Gasteiger partial charge in [0.2, 0.25) is 11.8 Å². The van der Waals surface area contributed by atoms with Crippen LogP contribution in [-0.2, 0) is 23.9 Å². The number of alkyl carbamates (subject to hydrolysis) is 1. The minimum Gasteiger partial charge on any atom is -0.508 e. The number of thioether (sulfide) groups is 1. The predicted octanol–water partition coefficient (Wildman–Crippen LogP) is 3.39. The zero-order chi connectivity index (χ0) is 28.0. The smallest absolute Gasteiger partial charge is 0.408 e. The van der Waals surface area contributed by atoms with Gasteiger partial charge in [0.05, 0.1) is 7.11 Å². The fourth-order valence-electron chi connectivity index (χ4n) is 3.54. The largest absolute Gasteiger partial charge is 0.508 e. The Kier molecular flexibility index (Phi) is 13.9. The van der Waals surface area contributed by atoms with Crippen LogP contribution < -0.4 is 10.6 Å². The maximum atomic E-state index is 14.0. The van der Waals surface area contributed by atoms with E-state index in [-0.39, 0.29) is 17.9 Å². The molecule has 0 fully saturated rings. The molecule has 0 bridgehead atoms. The van der Waals surface area contributed by atoms with E-state index in [2.05, 4.69) is 15.4 Å². The van der Waals surface area contributed by atoms with Gasteiger partial charge in [0.15, 0.2) is 0 Å². The molecule has 11 heteroatoms. The van der Waals surface area contributed by atoms with Gasteiger partial charge in [0, 0.05) is 12.1 Å². The average molecular weight is 540 g/mol. The van der Waals surface area contributed by atoms with Crippen molar-refractivity contribution >= 4 is 35.6 Å². The maximum Gasteiger partial charge on any atom is 0.408 e. The molecule has 208 valence electrons. The summed E-state index contributed by atoms with van der Waals surface area (Å²) in [6.45, 7) is 6.99. The van der Waals surface area contributed by atoms with Crippen LogP contribution in [0, 0.1) is 0 Å². The molecule has 0 aromatic heterocycles. The topological polar surface area (TPSA) is 134 Å². The monoisotopic (exact) mass is 539 g/mol. The van der Waals surface area contributed by atoms with Crippen LogP contribution in [0.2, 0.25) is 0 Å². The first kappa shape index (κ1) is 32.1. The van der Waals surface area contributed by atoms with E-state index in [0.29, 0.717) is 18.6 Å². The molecular formula is C26H41N3O7S. The lowest BCUT2D eigenvalue weighted by atomic mass is 10.0. The zero-order valence-electron chi connectivity index (χ0n) is 22.7. The Hall–Kier alpha value is -2.95. The van der Waals surface area contributed by atoms with Gasteiger partial charge in [0.1, 0.15) is 30.0 Å². The third-order valence-electron chi connectivity index (χ3n) is 5.31. The van der Waals surface area contributed by atoms with Crippen LogP contribution >= 0.6 is 11.8 Å². The summed E-state index contributed by atoms with van der Waals surface area (Å²) < 4.78 is 9.98. The Labute approximate surface area is 223 Å². The van der Waals surface area contributed by atoms with Gasteiger partial charge in [0.25, 0.3) is 0 Å². The lowest BCUT2D eigenvalue weighted by molar-refractivity contribution is -0.144. The highest BCUT2D eigenvalue weighted by Crippen LogP contribution is 2.30. The number of amides is 3. The number of aromatic hydroxyl groups is 1. The summed E-state index contributed by atoms with van der Waals surface area (Å²) in [5, 5.41) is 15.8. The second-order valence-electron chi connectivity index (χ2n) is 9.47. The lowest BCUT2D eigenvalue weighted by Crippen LogP contribution is -2.53. The minimum atomic E-state index is -1.24. The molecular weight excluding hydrogens is 498 g/mol. The number of ether oxygens (including phenoxy) is 2. The Morgan fingerprint density at radius 1 is 1.14 bits per heavy atom. The second-order valence-corrected chi connectivity index (χ2v) is 10.5. The van der Waals surface area contributed by atoms with E-state index < -0.39 is 48.1 Å². The molecule has 0 aliphatic heterocycles. The van der Waals surface area contributed by atoms with E-state index in [1.54, 1.807) is 39.0 Å². The number of nitrogens with one attached hydrogen (secondary N) is 2. The maximum absolute atomic E-state index is 14.0. The average Bonchev–Trinajstić information content (AvgIpc) is 2.83. The fourth-order valence-corrected chi connectivity index (χ4v) is 4.01. The van der Waals surface area contributed by atoms with E-state index >= 15 is 0 Å². The van der Waals surface area contributed by atoms with Crippen molar-refractivity contribution in [3.05, 3.63) is 29.8 Å². The third-order valence-corrected chi connectivity index (χ3v) is 5.96. The summed E-state index contributed by atoms with van der Waals surface area (Å²) in [6.07, 6.45) is 3.73. The van der Waals surface area contributed by atoms with Gasteiger partial charge in [-0.3, -0.25) is 14.4 Å². The molecule has 2 unspecified atom stereocenters. The van der Waals surface area contributed by atoms with E-state index in [1.165, 1.54) is 29.8 Å². The quantitative estimate of drug-likeness (QED) is 0.242. The van der Waals surface area contributed by atoms with Gasteiger partial charge < -0.3 is 30.1 Å². The molecule has 10 nitrogen and oxygen atoms in total. The van der Waals surface area contributed by atoms with Crippen LogP contribution in [0.15, 0.2) is 24.3 Å². The first-order chi connectivity index (χ1) is 17.4. The lowest BCUT2D eigenvalue weighted by Gasteiger charge is -2.34. The normalized spacial score (nSPS) is 12.7. The molecule has 0 aliphatic rings. The van der Waals surface area contributed by atoms with Crippen LogP contribution in [0.3, 0.4) is 0 Å². The second kappa shape index (κ2) is 16.0. The first-order valence-corrected chi connectivity index (χ1v) is 13.8. The van der Waals surface area contributed by atoms with Crippen molar-refractivity contribution in [1.82, 2.24) is 15.5 Å². The molecule has 3 N–H and O–H groups in total. The van der Waals surface area contributed by atoms with Crippen molar-refractivity contribution in [1.29, 1.82) is 0 Å². The summed E-state index contributed by atoms with van der Waals surface area (Å²) in [7, 11) is 1.20. The van der Waals surface area contributed by atoms with E-state index in [9.17, 15) is 24.3 Å². The number of phenolic OH excluding ortho intramolecular Hbond substituents is 1. The van der Waals surface area contributed by atoms with E-state index in [1.807, 2.05) is 13.2 Å². The number of esters is 1. The molecule has 0 radical (unpaired) electrons. The number of benzene rings is 1. The molecule has 0 saturated heterocycles. The fraction of sp³-hybridized carbons (Fsp3) is 0.615. The summed E-state index contributed by atoms with van der Waals surface area (Å²) in [5.74, 6) is -1.40. The van der Waals surface area contributed by atoms with Crippen LogP contribution in [-0.4, -0.2) is 77.7 Å². The standard InChI is InChI=1S/C26H41N3O7S/c1-7-8-11-15-29(24(33)19(14-16-37-6)28-25(34)36-26(2,3)4)22(18-12-9-10-13-20(18)30)23(32)27-17-21(31)35-5/h9-10,12-13,19,22,30H,7-8,11,14-17H2,1-6H3,(H,27,32)(H,28,34). The zero-order valence-corrected chi connectivity index (χ0v) is 23.5. The highest BCUT2D eigenvalue weighted by molar-refractivity contribution is 7.98. The number of unbranched alkanes of at least 4 members (excludes halogenated alkanes) is 2. The Morgan fingerprint density at radius 2 is 1.81 bits per heavy atom. The number of hydrogen-bond donors (Lipinski definition) is 3. The number of carbonyl (C=O) groups excluding carboxylic acids is 4. The Balaban J connectivity index is 3.46. The Bertz CT molecular complexity index is 904. The van der Waals surface area contributed by atoms with Gasteiger partial charge in [-0.1, -0.05) is 38.0 Å². The number of hydrogen-bond acceptors (Lipinski definition) is 8. The summed E-state index contributed by atoms with van der Waals surface area (Å²) in [5.41, 5.74) is -0.556. The highest BCUT2D eigenvalue weighted by atomic mass is 32.2. The SMILES string of the molecule is CCCCCN(C(=O)C(CCSC)NC(=O)OC(C)(C)C)C(C(=O)NCC(=O)OC)c1ccccc1O. The minimum absolute atomic E-state index is 0.172. The number of rotatable bonds is 14. The molecule has 1 aromatic carbocycles. The third kappa shape index (κ3) is 11.3. The molecule has 1 aromatic rings. The van der Waals surface area contributed by atoms with Gasteiger partial charge in [-0.2, -0.15) is 11.8 Å².